The minimum atomic E-state index is -0.00576. The first kappa shape index (κ1) is 18.5. The van der Waals surface area contributed by atoms with Gasteiger partial charge < -0.3 is 9.22 Å². The van der Waals surface area contributed by atoms with Crippen molar-refractivity contribution in [2.45, 2.75) is 65.7 Å². The van der Waals surface area contributed by atoms with Crippen LogP contribution in [0.1, 0.15) is 65.7 Å². The van der Waals surface area contributed by atoms with Gasteiger partial charge in [-0.25, -0.2) is 4.79 Å². The van der Waals surface area contributed by atoms with Gasteiger partial charge >= 0.3 is 5.97 Å². The van der Waals surface area contributed by atoms with Crippen molar-refractivity contribution < 1.29 is 14.0 Å². The Hall–Kier alpha value is -0.570. The Morgan fingerprint density at radius 1 is 1.05 bits per heavy atom. The summed E-state index contributed by atoms with van der Waals surface area (Å²) in [7, 11) is 2.19. The SMILES string of the molecule is CC(C)CCCC(C)CCOC(=O)C[N+]1(C)CCCCC1. The second-order valence-electron chi connectivity index (χ2n) is 7.72. The molecular formula is C18H36NO2+. The highest BCUT2D eigenvalue weighted by Crippen LogP contribution is 2.17. The first-order chi connectivity index (χ1) is 9.91. The molecule has 3 heteroatoms. The zero-order valence-corrected chi connectivity index (χ0v) is 14.7. The van der Waals surface area contributed by atoms with Crippen molar-refractivity contribution in [1.29, 1.82) is 0 Å². The number of piperidine rings is 1. The zero-order chi connectivity index (χ0) is 15.7. The summed E-state index contributed by atoms with van der Waals surface area (Å²) in [6.45, 7) is 10.2. The van der Waals surface area contributed by atoms with Gasteiger partial charge in [-0.1, -0.05) is 40.0 Å². The van der Waals surface area contributed by atoms with Crippen LogP contribution in [0.3, 0.4) is 0 Å². The highest BCUT2D eigenvalue weighted by Gasteiger charge is 2.28. The van der Waals surface area contributed by atoms with Gasteiger partial charge in [-0.15, -0.1) is 0 Å². The van der Waals surface area contributed by atoms with E-state index in [1.54, 1.807) is 0 Å². The molecule has 1 fully saturated rings. The summed E-state index contributed by atoms with van der Waals surface area (Å²) in [6.07, 6.45) is 8.67. The number of quaternary nitrogens is 1. The summed E-state index contributed by atoms with van der Waals surface area (Å²) in [5, 5.41) is 0. The Morgan fingerprint density at radius 3 is 2.33 bits per heavy atom. The van der Waals surface area contributed by atoms with Crippen LogP contribution in [0.25, 0.3) is 0 Å². The fourth-order valence-corrected chi connectivity index (χ4v) is 3.18. The molecule has 0 saturated carbocycles. The first-order valence-corrected chi connectivity index (χ1v) is 8.90. The van der Waals surface area contributed by atoms with Crippen LogP contribution in [0.5, 0.6) is 0 Å². The van der Waals surface area contributed by atoms with Gasteiger partial charge in [0, 0.05) is 0 Å². The number of carbonyl (C=O) groups is 1. The number of rotatable bonds is 9. The lowest BCUT2D eigenvalue weighted by Gasteiger charge is -2.36. The molecule has 0 spiro atoms. The predicted molar refractivity (Wildman–Crippen MR) is 88.1 cm³/mol. The van der Waals surface area contributed by atoms with Gasteiger partial charge in [0.05, 0.1) is 26.7 Å². The molecule has 1 aliphatic rings. The van der Waals surface area contributed by atoms with E-state index in [9.17, 15) is 4.79 Å². The van der Waals surface area contributed by atoms with Crippen molar-refractivity contribution in [3.05, 3.63) is 0 Å². The maximum absolute atomic E-state index is 12.0. The van der Waals surface area contributed by atoms with Crippen LogP contribution in [0.4, 0.5) is 0 Å². The Kier molecular flexibility index (Phi) is 8.31. The van der Waals surface area contributed by atoms with Crippen LogP contribution in [0.2, 0.25) is 0 Å². The van der Waals surface area contributed by atoms with Crippen LogP contribution in [0.15, 0.2) is 0 Å². The fourth-order valence-electron chi connectivity index (χ4n) is 3.18. The molecule has 1 heterocycles. The van der Waals surface area contributed by atoms with E-state index in [1.165, 1.54) is 38.5 Å². The van der Waals surface area contributed by atoms with E-state index in [0.29, 0.717) is 19.1 Å². The second kappa shape index (κ2) is 9.45. The molecule has 1 unspecified atom stereocenters. The molecule has 0 amide bonds. The van der Waals surface area contributed by atoms with Crippen molar-refractivity contribution in [3.8, 4) is 0 Å². The topological polar surface area (TPSA) is 26.3 Å². The quantitative estimate of drug-likeness (QED) is 0.475. The Balaban J connectivity index is 2.09. The van der Waals surface area contributed by atoms with E-state index in [1.807, 2.05) is 0 Å². The van der Waals surface area contributed by atoms with Crippen molar-refractivity contribution in [2.75, 3.05) is 33.3 Å². The summed E-state index contributed by atoms with van der Waals surface area (Å²) >= 11 is 0. The molecule has 0 aromatic heterocycles. The summed E-state index contributed by atoms with van der Waals surface area (Å²) in [6, 6.07) is 0. The van der Waals surface area contributed by atoms with Crippen molar-refractivity contribution in [1.82, 2.24) is 0 Å². The van der Waals surface area contributed by atoms with E-state index in [0.717, 1.165) is 29.9 Å². The Labute approximate surface area is 131 Å². The summed E-state index contributed by atoms with van der Waals surface area (Å²) in [5.41, 5.74) is 0. The minimum absolute atomic E-state index is 0.00576. The number of ether oxygens (including phenoxy) is 1. The molecule has 1 saturated heterocycles. The third kappa shape index (κ3) is 8.45. The third-order valence-electron chi connectivity index (χ3n) is 4.76. The molecule has 3 nitrogen and oxygen atoms in total. The molecule has 0 aromatic rings. The second-order valence-corrected chi connectivity index (χ2v) is 7.72. The molecule has 0 bridgehead atoms. The molecule has 0 aromatic carbocycles. The van der Waals surface area contributed by atoms with E-state index < -0.39 is 0 Å². The standard InChI is InChI=1S/C18H36NO2/c1-16(2)9-8-10-17(3)11-14-21-18(20)15-19(4)12-6-5-7-13-19/h16-17H,5-15H2,1-4H3/q+1. The number of carbonyl (C=O) groups excluding carboxylic acids is 1. The van der Waals surface area contributed by atoms with Gasteiger partial charge in [0.1, 0.15) is 0 Å². The molecule has 1 atom stereocenters. The molecule has 0 aliphatic carbocycles. The van der Waals surface area contributed by atoms with Gasteiger partial charge in [0.15, 0.2) is 6.54 Å². The highest BCUT2D eigenvalue weighted by molar-refractivity contribution is 5.70. The number of hydrogen-bond acceptors (Lipinski definition) is 2. The molecule has 0 N–H and O–H groups in total. The van der Waals surface area contributed by atoms with E-state index in [4.69, 9.17) is 4.74 Å². The van der Waals surface area contributed by atoms with Crippen LogP contribution in [-0.4, -0.2) is 43.7 Å². The number of likely N-dealkylation sites (N-methyl/N-ethyl adjacent to an activating group) is 1. The van der Waals surface area contributed by atoms with Gasteiger partial charge in [-0.05, 0) is 37.5 Å². The monoisotopic (exact) mass is 298 g/mol. The van der Waals surface area contributed by atoms with Gasteiger partial charge in [-0.3, -0.25) is 0 Å². The number of hydrogen-bond donors (Lipinski definition) is 0. The Bertz CT molecular complexity index is 296. The van der Waals surface area contributed by atoms with E-state index >= 15 is 0 Å². The summed E-state index contributed by atoms with van der Waals surface area (Å²) in [4.78, 5) is 12.0. The smallest absolute Gasteiger partial charge is 0.361 e. The van der Waals surface area contributed by atoms with Crippen LogP contribution in [0, 0.1) is 11.8 Å². The molecule has 0 radical (unpaired) electrons. The normalized spacial score (nSPS) is 19.5. The third-order valence-corrected chi connectivity index (χ3v) is 4.76. The first-order valence-electron chi connectivity index (χ1n) is 8.90. The fraction of sp³-hybridized carbons (Fsp3) is 0.944. The van der Waals surface area contributed by atoms with E-state index in [2.05, 4.69) is 27.8 Å². The lowest BCUT2D eigenvalue weighted by molar-refractivity contribution is -0.907. The van der Waals surface area contributed by atoms with Crippen LogP contribution in [-0.2, 0) is 9.53 Å². The van der Waals surface area contributed by atoms with E-state index in [-0.39, 0.29) is 5.97 Å². The molecule has 124 valence electrons. The number of likely N-dealkylation sites (tertiary alicyclic amines) is 1. The lowest BCUT2D eigenvalue weighted by Crippen LogP contribution is -2.51. The summed E-state index contributed by atoms with van der Waals surface area (Å²) < 4.78 is 6.33. The molecule has 21 heavy (non-hydrogen) atoms. The minimum Gasteiger partial charge on any atom is -0.462 e. The molecular weight excluding hydrogens is 262 g/mol. The number of esters is 1. The average Bonchev–Trinajstić information content (AvgIpc) is 2.38. The van der Waals surface area contributed by atoms with Crippen molar-refractivity contribution in [3.63, 3.8) is 0 Å². The zero-order valence-electron chi connectivity index (χ0n) is 14.7. The maximum Gasteiger partial charge on any atom is 0.361 e. The predicted octanol–water partition coefficient (Wildman–Crippen LogP) is 4.01. The lowest BCUT2D eigenvalue weighted by atomic mass is 9.98. The Morgan fingerprint density at radius 2 is 1.71 bits per heavy atom. The highest BCUT2D eigenvalue weighted by atomic mass is 16.5. The molecule has 1 rings (SSSR count). The average molecular weight is 298 g/mol. The van der Waals surface area contributed by atoms with Gasteiger partial charge in [-0.2, -0.15) is 0 Å². The van der Waals surface area contributed by atoms with Crippen LogP contribution >= 0.6 is 0 Å². The molecule has 1 aliphatic heterocycles. The largest absolute Gasteiger partial charge is 0.462 e. The maximum atomic E-state index is 12.0. The van der Waals surface area contributed by atoms with Gasteiger partial charge in [0.2, 0.25) is 0 Å². The van der Waals surface area contributed by atoms with Crippen molar-refractivity contribution in [2.24, 2.45) is 11.8 Å². The van der Waals surface area contributed by atoms with Gasteiger partial charge in [0.25, 0.3) is 0 Å². The van der Waals surface area contributed by atoms with Crippen molar-refractivity contribution >= 4 is 5.97 Å². The van der Waals surface area contributed by atoms with Crippen LogP contribution < -0.4 is 0 Å². The number of nitrogens with zero attached hydrogens (tertiary/aromatic N) is 1. The summed E-state index contributed by atoms with van der Waals surface area (Å²) in [5.74, 6) is 1.45.